The maximum absolute atomic E-state index is 12.4. The van der Waals surface area contributed by atoms with E-state index in [2.05, 4.69) is 0 Å². The van der Waals surface area contributed by atoms with Gasteiger partial charge in [0.25, 0.3) is 0 Å². The third-order valence-electron chi connectivity index (χ3n) is 5.30. The lowest BCUT2D eigenvalue weighted by Gasteiger charge is -2.18. The molecule has 3 rings (SSSR count). The summed E-state index contributed by atoms with van der Waals surface area (Å²) < 4.78 is 13.2. The van der Waals surface area contributed by atoms with Crippen LogP contribution in [0.2, 0.25) is 0 Å². The number of aromatic nitrogens is 2. The number of benzene rings is 2. The summed E-state index contributed by atoms with van der Waals surface area (Å²) in [6.45, 7) is 3.87. The number of imidazole rings is 1. The number of aryl methyl sites for hydroxylation is 2. The Labute approximate surface area is 199 Å². The van der Waals surface area contributed by atoms with Crippen LogP contribution < -0.4 is 10.5 Å². The van der Waals surface area contributed by atoms with Crippen molar-refractivity contribution >= 4 is 11.9 Å². The molecule has 3 aromatic rings. The molecule has 0 bridgehead atoms. The lowest BCUT2D eigenvalue weighted by molar-refractivity contribution is -0.149. The van der Waals surface area contributed by atoms with Gasteiger partial charge in [0.05, 0.1) is 18.4 Å². The maximum atomic E-state index is 12.4. The molecular weight excluding hydrogens is 434 g/mol. The zero-order chi connectivity index (χ0) is 24.7. The highest BCUT2D eigenvalue weighted by molar-refractivity contribution is 5.78. The first-order chi connectivity index (χ1) is 16.2. The smallest absolute Gasteiger partial charge is 0.327 e. The molecule has 0 radical (unpaired) electrons. The summed E-state index contributed by atoms with van der Waals surface area (Å²) in [5, 5.41) is 9.05. The van der Waals surface area contributed by atoms with Crippen LogP contribution >= 0.6 is 0 Å². The van der Waals surface area contributed by atoms with Crippen LogP contribution in [0.4, 0.5) is 0 Å². The predicted octanol–water partition coefficient (Wildman–Crippen LogP) is 3.68. The van der Waals surface area contributed by atoms with E-state index >= 15 is 0 Å². The van der Waals surface area contributed by atoms with Crippen molar-refractivity contribution in [2.24, 2.45) is 12.8 Å². The molecule has 3 N–H and O–H groups in total. The SMILES string of the molecule is CC(C)OC(=O)C(N)c1cc(OCCc2nc(-c3ccccc3)cn2C)ccc1CCC(=O)O. The second-order valence-corrected chi connectivity index (χ2v) is 8.34. The summed E-state index contributed by atoms with van der Waals surface area (Å²) in [7, 11) is 1.95. The third kappa shape index (κ3) is 6.68. The quantitative estimate of drug-likeness (QED) is 0.415. The summed E-state index contributed by atoms with van der Waals surface area (Å²) in [5.74, 6) is -0.0616. The number of carbonyl (C=O) groups is 2. The fourth-order valence-corrected chi connectivity index (χ4v) is 3.60. The molecule has 0 aliphatic heterocycles. The Morgan fingerprint density at radius 3 is 2.53 bits per heavy atom. The minimum atomic E-state index is -1.03. The van der Waals surface area contributed by atoms with E-state index in [-0.39, 0.29) is 18.9 Å². The zero-order valence-corrected chi connectivity index (χ0v) is 19.7. The highest BCUT2D eigenvalue weighted by Gasteiger charge is 2.22. The van der Waals surface area contributed by atoms with Gasteiger partial charge in [-0.25, -0.2) is 9.78 Å². The molecule has 8 heteroatoms. The van der Waals surface area contributed by atoms with E-state index in [9.17, 15) is 9.59 Å². The average Bonchev–Trinajstić information content (AvgIpc) is 3.18. The Morgan fingerprint density at radius 1 is 1.12 bits per heavy atom. The van der Waals surface area contributed by atoms with Gasteiger partial charge < -0.3 is 24.9 Å². The van der Waals surface area contributed by atoms with Gasteiger partial charge in [-0.1, -0.05) is 36.4 Å². The van der Waals surface area contributed by atoms with Crippen molar-refractivity contribution < 1.29 is 24.2 Å². The number of hydrogen-bond acceptors (Lipinski definition) is 6. The minimum Gasteiger partial charge on any atom is -0.493 e. The minimum absolute atomic E-state index is 0.0674. The molecule has 0 amide bonds. The van der Waals surface area contributed by atoms with E-state index in [0.717, 1.165) is 17.1 Å². The molecule has 1 unspecified atom stereocenters. The molecule has 0 spiro atoms. The molecule has 34 heavy (non-hydrogen) atoms. The fourth-order valence-electron chi connectivity index (χ4n) is 3.60. The zero-order valence-electron chi connectivity index (χ0n) is 19.7. The van der Waals surface area contributed by atoms with Crippen LogP contribution in [0.5, 0.6) is 5.75 Å². The molecule has 1 aromatic heterocycles. The number of aliphatic carboxylic acids is 1. The first-order valence-electron chi connectivity index (χ1n) is 11.3. The Hall–Kier alpha value is -3.65. The van der Waals surface area contributed by atoms with Gasteiger partial charge >= 0.3 is 11.9 Å². The van der Waals surface area contributed by atoms with Crippen LogP contribution in [0.15, 0.2) is 54.7 Å². The van der Waals surface area contributed by atoms with Gasteiger partial charge in [-0.2, -0.15) is 0 Å². The van der Waals surface area contributed by atoms with Crippen LogP contribution in [0, 0.1) is 0 Å². The molecule has 1 atom stereocenters. The lowest BCUT2D eigenvalue weighted by Crippen LogP contribution is -2.27. The fraction of sp³-hybridized carbons (Fsp3) is 0.346. The maximum Gasteiger partial charge on any atom is 0.327 e. The number of ether oxygens (including phenoxy) is 2. The van der Waals surface area contributed by atoms with Gasteiger partial charge in [0.2, 0.25) is 0 Å². The monoisotopic (exact) mass is 465 g/mol. The van der Waals surface area contributed by atoms with Gasteiger partial charge in [-0.3, -0.25) is 4.79 Å². The normalized spacial score (nSPS) is 11.9. The van der Waals surface area contributed by atoms with Crippen molar-refractivity contribution in [3.8, 4) is 17.0 Å². The van der Waals surface area contributed by atoms with Gasteiger partial charge in [0.1, 0.15) is 17.6 Å². The second kappa shape index (κ2) is 11.5. The highest BCUT2D eigenvalue weighted by Crippen LogP contribution is 2.25. The number of nitrogens with two attached hydrogens (primary N) is 1. The van der Waals surface area contributed by atoms with Crippen molar-refractivity contribution in [1.29, 1.82) is 0 Å². The number of carbonyl (C=O) groups excluding carboxylic acids is 1. The Balaban J connectivity index is 1.71. The predicted molar refractivity (Wildman–Crippen MR) is 128 cm³/mol. The van der Waals surface area contributed by atoms with Crippen LogP contribution in [0.25, 0.3) is 11.3 Å². The summed E-state index contributed by atoms with van der Waals surface area (Å²) in [5.41, 5.74) is 9.31. The van der Waals surface area contributed by atoms with Crippen molar-refractivity contribution in [3.63, 3.8) is 0 Å². The molecule has 2 aromatic carbocycles. The Bertz CT molecular complexity index is 1120. The van der Waals surface area contributed by atoms with E-state index in [1.165, 1.54) is 0 Å². The molecule has 180 valence electrons. The highest BCUT2D eigenvalue weighted by atomic mass is 16.5. The van der Waals surface area contributed by atoms with E-state index < -0.39 is 18.0 Å². The Morgan fingerprint density at radius 2 is 1.85 bits per heavy atom. The van der Waals surface area contributed by atoms with Crippen molar-refractivity contribution in [2.45, 2.75) is 45.3 Å². The summed E-state index contributed by atoms with van der Waals surface area (Å²) in [4.78, 5) is 28.1. The van der Waals surface area contributed by atoms with Crippen molar-refractivity contribution in [1.82, 2.24) is 9.55 Å². The first-order valence-corrected chi connectivity index (χ1v) is 11.3. The molecule has 0 saturated heterocycles. The second-order valence-electron chi connectivity index (χ2n) is 8.34. The van der Waals surface area contributed by atoms with Gasteiger partial charge in [-0.15, -0.1) is 0 Å². The number of esters is 1. The first kappa shape index (κ1) is 25.0. The molecule has 0 aliphatic rings. The topological polar surface area (TPSA) is 117 Å². The van der Waals surface area contributed by atoms with E-state index in [1.54, 1.807) is 32.0 Å². The number of rotatable bonds is 11. The number of carboxylic acid groups (broad SMARTS) is 1. The summed E-state index contributed by atoms with van der Waals surface area (Å²) in [6.07, 6.45) is 2.45. The lowest BCUT2D eigenvalue weighted by atomic mass is 9.97. The van der Waals surface area contributed by atoms with Crippen molar-refractivity contribution in [3.05, 3.63) is 71.7 Å². The molecule has 8 nitrogen and oxygen atoms in total. The van der Waals surface area contributed by atoms with Gasteiger partial charge in [0.15, 0.2) is 0 Å². The van der Waals surface area contributed by atoms with Crippen molar-refractivity contribution in [2.75, 3.05) is 6.61 Å². The average molecular weight is 466 g/mol. The molecule has 0 fully saturated rings. The third-order valence-corrected chi connectivity index (χ3v) is 5.30. The molecule has 0 aliphatic carbocycles. The number of carboxylic acids is 1. The molecule has 1 heterocycles. The van der Waals surface area contributed by atoms with Gasteiger partial charge in [0, 0.05) is 31.6 Å². The van der Waals surface area contributed by atoms with E-state index in [0.29, 0.717) is 29.9 Å². The Kier molecular flexibility index (Phi) is 8.43. The number of nitrogens with zero attached hydrogens (tertiary/aromatic N) is 2. The van der Waals surface area contributed by atoms with Crippen LogP contribution in [-0.2, 0) is 34.2 Å². The summed E-state index contributed by atoms with van der Waals surface area (Å²) in [6, 6.07) is 14.1. The summed E-state index contributed by atoms with van der Waals surface area (Å²) >= 11 is 0. The van der Waals surface area contributed by atoms with Crippen LogP contribution in [0.1, 0.15) is 43.3 Å². The molecular formula is C26H31N3O5. The van der Waals surface area contributed by atoms with Crippen LogP contribution in [-0.4, -0.2) is 39.3 Å². The van der Waals surface area contributed by atoms with E-state index in [4.69, 9.17) is 25.3 Å². The number of hydrogen-bond donors (Lipinski definition) is 2. The van der Waals surface area contributed by atoms with E-state index in [1.807, 2.05) is 48.1 Å². The standard InChI is InChI=1S/C26H31N3O5/c1-17(2)34-26(32)25(27)21-15-20(11-9-18(21)10-12-24(30)31)33-14-13-23-28-22(16-29(23)3)19-7-5-4-6-8-19/h4-9,11,15-17,25H,10,12-14,27H2,1-3H3,(H,30,31). The van der Waals surface area contributed by atoms with Crippen LogP contribution in [0.3, 0.4) is 0 Å². The van der Waals surface area contributed by atoms with Gasteiger partial charge in [-0.05, 0) is 43.5 Å². The molecule has 0 saturated carbocycles. The largest absolute Gasteiger partial charge is 0.493 e.